The number of hydrogen-bond donors (Lipinski definition) is 0. The molecule has 0 saturated carbocycles. The van der Waals surface area contributed by atoms with Crippen molar-refractivity contribution in [2.75, 3.05) is 19.7 Å². The van der Waals surface area contributed by atoms with E-state index >= 15 is 0 Å². The maximum absolute atomic E-state index is 12.8. The Kier molecular flexibility index (Phi) is 4.53. The minimum atomic E-state index is -3.51. The molecule has 8 heteroatoms. The predicted octanol–water partition coefficient (Wildman–Crippen LogP) is 1.71. The summed E-state index contributed by atoms with van der Waals surface area (Å²) in [6.45, 7) is 1.18. The van der Waals surface area contributed by atoms with Crippen LogP contribution in [0.5, 0.6) is 5.88 Å². The molecule has 0 spiro atoms. The third-order valence-corrected chi connectivity index (χ3v) is 5.54. The van der Waals surface area contributed by atoms with E-state index in [4.69, 9.17) is 4.74 Å². The molecule has 6 nitrogen and oxygen atoms in total. The lowest BCUT2D eigenvalue weighted by atomic mass is 10.1. The van der Waals surface area contributed by atoms with Crippen LogP contribution in [0.15, 0.2) is 47.8 Å². The molecule has 23 heavy (non-hydrogen) atoms. The highest BCUT2D eigenvalue weighted by Gasteiger charge is 2.32. The largest absolute Gasteiger partial charge is 0.477 e. The molecule has 0 aliphatic carbocycles. The van der Waals surface area contributed by atoms with Crippen molar-refractivity contribution in [3.8, 4) is 5.88 Å². The van der Waals surface area contributed by atoms with Gasteiger partial charge in [0, 0.05) is 37.5 Å². The molecule has 1 fully saturated rings. The first-order valence-corrected chi connectivity index (χ1v) is 8.64. The second kappa shape index (κ2) is 6.59. The number of aromatic nitrogens is 2. The summed E-state index contributed by atoms with van der Waals surface area (Å²) in [4.78, 5) is 7.87. The number of sulfonamides is 1. The van der Waals surface area contributed by atoms with Gasteiger partial charge >= 0.3 is 0 Å². The molecule has 1 aliphatic rings. The minimum Gasteiger partial charge on any atom is -0.477 e. The minimum absolute atomic E-state index is 0.0771. The van der Waals surface area contributed by atoms with Crippen LogP contribution in [0.2, 0.25) is 0 Å². The van der Waals surface area contributed by atoms with Crippen LogP contribution in [-0.4, -0.2) is 42.4 Å². The van der Waals surface area contributed by atoms with Gasteiger partial charge < -0.3 is 4.74 Å². The third kappa shape index (κ3) is 3.65. The lowest BCUT2D eigenvalue weighted by molar-refractivity contribution is 0.246. The number of rotatable bonds is 5. The van der Waals surface area contributed by atoms with Crippen LogP contribution >= 0.6 is 0 Å². The van der Waals surface area contributed by atoms with Crippen LogP contribution in [0, 0.1) is 11.7 Å². The summed E-state index contributed by atoms with van der Waals surface area (Å²) >= 11 is 0. The van der Waals surface area contributed by atoms with Crippen LogP contribution in [0.4, 0.5) is 4.39 Å². The zero-order chi connectivity index (χ0) is 16.3. The average Bonchev–Trinajstić information content (AvgIpc) is 3.05. The van der Waals surface area contributed by atoms with Crippen molar-refractivity contribution in [1.82, 2.24) is 14.3 Å². The van der Waals surface area contributed by atoms with E-state index in [-0.39, 0.29) is 10.8 Å². The Morgan fingerprint density at radius 2 is 2.17 bits per heavy atom. The number of nitrogens with zero attached hydrogens (tertiary/aromatic N) is 3. The molecule has 122 valence electrons. The highest BCUT2D eigenvalue weighted by atomic mass is 32.2. The second-order valence-electron chi connectivity index (χ2n) is 5.33. The van der Waals surface area contributed by atoms with Crippen molar-refractivity contribution in [3.05, 3.63) is 48.7 Å². The van der Waals surface area contributed by atoms with E-state index in [0.717, 1.165) is 6.20 Å². The van der Waals surface area contributed by atoms with Gasteiger partial charge in [-0.05, 0) is 24.6 Å². The summed E-state index contributed by atoms with van der Waals surface area (Å²) in [5, 5.41) is 0. The lowest BCUT2D eigenvalue weighted by Gasteiger charge is -2.16. The van der Waals surface area contributed by atoms with E-state index in [1.165, 1.54) is 34.9 Å². The van der Waals surface area contributed by atoms with Gasteiger partial charge in [-0.15, -0.1) is 0 Å². The summed E-state index contributed by atoms with van der Waals surface area (Å²) in [6.07, 6.45) is 4.68. The molecule has 0 aromatic carbocycles. The fourth-order valence-corrected chi connectivity index (χ4v) is 3.95. The fraction of sp³-hybridized carbons (Fsp3) is 0.333. The van der Waals surface area contributed by atoms with Crippen LogP contribution in [0.3, 0.4) is 0 Å². The Hall–Kier alpha value is -2.06. The normalized spacial score (nSPS) is 18.9. The van der Waals surface area contributed by atoms with Crippen LogP contribution in [0.1, 0.15) is 6.42 Å². The Balaban J connectivity index is 1.59. The van der Waals surface area contributed by atoms with Crippen molar-refractivity contribution >= 4 is 10.0 Å². The van der Waals surface area contributed by atoms with Crippen LogP contribution < -0.4 is 4.74 Å². The smallest absolute Gasteiger partial charge is 0.244 e. The van der Waals surface area contributed by atoms with Gasteiger partial charge in [-0.3, -0.25) is 4.98 Å². The van der Waals surface area contributed by atoms with Crippen molar-refractivity contribution in [3.63, 3.8) is 0 Å². The van der Waals surface area contributed by atoms with Gasteiger partial charge in [0.05, 0.1) is 12.8 Å². The van der Waals surface area contributed by atoms with E-state index < -0.39 is 15.8 Å². The molecular weight excluding hydrogens is 321 g/mol. The summed E-state index contributed by atoms with van der Waals surface area (Å²) < 4.78 is 44.7. The summed E-state index contributed by atoms with van der Waals surface area (Å²) in [5.41, 5.74) is 0. The van der Waals surface area contributed by atoms with Crippen molar-refractivity contribution in [2.45, 2.75) is 11.3 Å². The number of halogens is 1. The van der Waals surface area contributed by atoms with Gasteiger partial charge in [-0.2, -0.15) is 4.31 Å². The number of ether oxygens (including phenoxy) is 1. The SMILES string of the molecule is O=S(=O)(c1cccnc1)N1CCC(COc2ccc(F)cn2)C1. The standard InChI is InChI=1S/C15H16FN3O3S/c16-13-3-4-15(18-8-13)22-11-12-5-7-19(10-12)23(20,21)14-2-1-6-17-9-14/h1-4,6,8-9,12H,5,7,10-11H2. The van der Waals surface area contributed by atoms with E-state index in [0.29, 0.717) is 32.0 Å². The Bertz CT molecular complexity index is 753. The molecule has 1 unspecified atom stereocenters. The van der Waals surface area contributed by atoms with E-state index in [1.54, 1.807) is 6.07 Å². The van der Waals surface area contributed by atoms with Gasteiger partial charge in [0.15, 0.2) is 0 Å². The van der Waals surface area contributed by atoms with Gasteiger partial charge in [0.1, 0.15) is 10.7 Å². The molecule has 0 bridgehead atoms. The highest BCUT2D eigenvalue weighted by molar-refractivity contribution is 7.89. The maximum Gasteiger partial charge on any atom is 0.244 e. The molecule has 1 aliphatic heterocycles. The third-order valence-electron chi connectivity index (χ3n) is 3.69. The van der Waals surface area contributed by atoms with Gasteiger partial charge in [-0.25, -0.2) is 17.8 Å². The molecule has 3 heterocycles. The Morgan fingerprint density at radius 1 is 1.30 bits per heavy atom. The highest BCUT2D eigenvalue weighted by Crippen LogP contribution is 2.24. The van der Waals surface area contributed by atoms with Crippen molar-refractivity contribution in [1.29, 1.82) is 0 Å². The lowest BCUT2D eigenvalue weighted by Crippen LogP contribution is -2.29. The molecule has 1 saturated heterocycles. The van der Waals surface area contributed by atoms with E-state index in [9.17, 15) is 12.8 Å². The number of hydrogen-bond acceptors (Lipinski definition) is 5. The van der Waals surface area contributed by atoms with Crippen molar-refractivity contribution in [2.24, 2.45) is 5.92 Å². The molecule has 0 amide bonds. The first-order chi connectivity index (χ1) is 11.1. The van der Waals surface area contributed by atoms with Gasteiger partial charge in [-0.1, -0.05) is 0 Å². The van der Waals surface area contributed by atoms with Crippen LogP contribution in [-0.2, 0) is 10.0 Å². The second-order valence-corrected chi connectivity index (χ2v) is 7.27. The molecule has 3 rings (SSSR count). The summed E-state index contributed by atoms with van der Waals surface area (Å²) in [5.74, 6) is -0.0137. The Morgan fingerprint density at radius 3 is 2.87 bits per heavy atom. The first kappa shape index (κ1) is 15.8. The number of pyridine rings is 2. The monoisotopic (exact) mass is 337 g/mol. The molecule has 2 aromatic heterocycles. The predicted molar refractivity (Wildman–Crippen MR) is 80.8 cm³/mol. The zero-order valence-electron chi connectivity index (χ0n) is 12.3. The van der Waals surface area contributed by atoms with E-state index in [1.807, 2.05) is 0 Å². The van der Waals surface area contributed by atoms with Crippen molar-refractivity contribution < 1.29 is 17.5 Å². The van der Waals surface area contributed by atoms with E-state index in [2.05, 4.69) is 9.97 Å². The average molecular weight is 337 g/mol. The molecular formula is C15H16FN3O3S. The fourth-order valence-electron chi connectivity index (χ4n) is 2.45. The van der Waals surface area contributed by atoms with Gasteiger partial charge in [0.2, 0.25) is 15.9 Å². The Labute approximate surface area is 134 Å². The first-order valence-electron chi connectivity index (χ1n) is 7.20. The summed E-state index contributed by atoms with van der Waals surface area (Å²) in [7, 11) is -3.51. The quantitative estimate of drug-likeness (QED) is 0.830. The molecule has 2 aromatic rings. The van der Waals surface area contributed by atoms with Gasteiger partial charge in [0.25, 0.3) is 0 Å². The zero-order valence-corrected chi connectivity index (χ0v) is 13.1. The molecule has 1 atom stereocenters. The summed E-state index contributed by atoms with van der Waals surface area (Å²) in [6, 6.07) is 5.86. The van der Waals surface area contributed by atoms with Crippen LogP contribution in [0.25, 0.3) is 0 Å². The maximum atomic E-state index is 12.8. The molecule has 0 radical (unpaired) electrons. The molecule has 0 N–H and O–H groups in total. The topological polar surface area (TPSA) is 72.4 Å².